The van der Waals surface area contributed by atoms with E-state index in [0.717, 1.165) is 76.5 Å². The Hall–Kier alpha value is -6.98. The number of fused-ring (bicyclic) bond motifs is 20. The highest BCUT2D eigenvalue weighted by Gasteiger charge is 2.30. The molecule has 9 aromatic carbocycles. The summed E-state index contributed by atoms with van der Waals surface area (Å²) in [6.07, 6.45) is 0. The van der Waals surface area contributed by atoms with Crippen molar-refractivity contribution < 1.29 is 8.22 Å². The van der Waals surface area contributed by atoms with Crippen molar-refractivity contribution in [1.82, 2.24) is 8.80 Å². The van der Waals surface area contributed by atoms with Gasteiger partial charge in [0.2, 0.25) is 0 Å². The maximum Gasteiger partial charge on any atom is 0.0632 e. The zero-order chi connectivity index (χ0) is 56.1. The lowest BCUT2D eigenvalue weighted by atomic mass is 9.78. The molecule has 362 valence electrons. The van der Waals surface area contributed by atoms with Gasteiger partial charge in [0, 0.05) is 83.4 Å². The first kappa shape index (κ1) is 38.6. The Morgan fingerprint density at radius 3 is 1.05 bits per heavy atom. The topological polar surface area (TPSA) is 8.82 Å². The highest BCUT2D eigenvalue weighted by molar-refractivity contribution is 7.27. The minimum atomic E-state index is -0.550. The predicted molar refractivity (Wildman–Crippen MR) is 327 cm³/mol. The van der Waals surface area contributed by atoms with Crippen molar-refractivity contribution in [3.63, 3.8) is 0 Å². The van der Waals surface area contributed by atoms with E-state index in [1.807, 2.05) is 22.7 Å². The molecule has 0 spiro atoms. The van der Waals surface area contributed by atoms with Crippen molar-refractivity contribution in [2.45, 2.75) is 105 Å². The molecule has 0 saturated carbocycles. The number of aromatic nitrogens is 2. The van der Waals surface area contributed by atoms with Crippen LogP contribution >= 0.6 is 22.7 Å². The van der Waals surface area contributed by atoms with Crippen LogP contribution in [-0.4, -0.2) is 8.80 Å². The molecule has 0 aliphatic rings. The van der Waals surface area contributed by atoms with E-state index < -0.39 is 21.7 Å². The van der Waals surface area contributed by atoms with Gasteiger partial charge in [0.1, 0.15) is 0 Å². The smallest absolute Gasteiger partial charge is 0.0632 e. The zero-order valence-corrected chi connectivity index (χ0v) is 45.7. The Labute approximate surface area is 448 Å². The molecule has 0 aliphatic carbocycles. The molecular weight excluding hydrogens is 933 g/mol. The summed E-state index contributed by atoms with van der Waals surface area (Å²) >= 11 is 3.64. The number of thiophene rings is 2. The Bertz CT molecular complexity index is 4880. The lowest BCUT2D eigenvalue weighted by Crippen LogP contribution is -2.16. The van der Waals surface area contributed by atoms with Crippen LogP contribution in [0.4, 0.5) is 0 Å². The zero-order valence-electron chi connectivity index (χ0n) is 50.1. The minimum absolute atomic E-state index is 0.225. The van der Waals surface area contributed by atoms with E-state index in [-0.39, 0.29) is 36.3 Å². The molecule has 15 aromatic rings. The highest BCUT2D eigenvalue weighted by Crippen LogP contribution is 2.53. The molecule has 4 heteroatoms. The third-order valence-electron chi connectivity index (χ3n) is 16.0. The van der Waals surface area contributed by atoms with E-state index in [1.165, 1.54) is 51.1 Å². The fraction of sp³-hybridized carbons (Fsp3) is 0.229. The second-order valence-electron chi connectivity index (χ2n) is 25.2. The number of hydrogen-bond donors (Lipinski definition) is 0. The number of rotatable bonds is 2. The summed E-state index contributed by atoms with van der Waals surface area (Å²) in [6.45, 7) is 25.0. The lowest BCUT2D eigenvalue weighted by molar-refractivity contribution is 0.568. The first-order chi connectivity index (χ1) is 37.8. The summed E-state index contributed by atoms with van der Waals surface area (Å²) in [5.74, 6) is 0. The van der Waals surface area contributed by atoms with Crippen LogP contribution in [-0.2, 0) is 21.7 Å². The Kier molecular flexibility index (Phi) is 7.53. The lowest BCUT2D eigenvalue weighted by Gasteiger charge is -2.26. The first-order valence-corrected chi connectivity index (χ1v) is 27.7. The molecular formula is C70H60N2S2. The Morgan fingerprint density at radius 2 is 0.689 bits per heavy atom. The van der Waals surface area contributed by atoms with Gasteiger partial charge in [-0.05, 0) is 103 Å². The maximum absolute atomic E-state index is 10.2. The van der Waals surface area contributed by atoms with Gasteiger partial charge < -0.3 is 8.80 Å². The second-order valence-corrected chi connectivity index (χ2v) is 27.3. The summed E-state index contributed by atoms with van der Waals surface area (Å²) in [5, 5.41) is 13.4. The van der Waals surface area contributed by atoms with Crippen molar-refractivity contribution >= 4 is 139 Å². The molecule has 0 atom stereocenters. The van der Waals surface area contributed by atoms with Crippen LogP contribution < -0.4 is 0 Å². The van der Waals surface area contributed by atoms with Gasteiger partial charge in [-0.1, -0.05) is 192 Å². The average Bonchev–Trinajstić information content (AvgIpc) is 3.15. The van der Waals surface area contributed by atoms with Crippen LogP contribution in [0.1, 0.15) is 114 Å². The Balaban J connectivity index is 1.19. The van der Waals surface area contributed by atoms with Crippen LogP contribution in [0.5, 0.6) is 0 Å². The van der Waals surface area contributed by atoms with Crippen molar-refractivity contribution in [3.8, 4) is 22.3 Å². The standard InChI is InChI=1S/C70H60N2S2/c1-67(2,3)39-29-37(30-40(33-39)68(4,5)6)43-21-23-49-61-53(27-25-47-45-17-13-15-19-57(45)73-65(47)61)71-55-36-52-56(35-51(55)59(43)63(49)71)72-54-28-26-48-46-18-14-16-20-58(46)74-66(48)62(54)50-24-22-44(60(52)64(50)72)38-31-41(69(7,8)9)34-42(32-38)70(10,11)12/h13-36H,1-12H3/i29D,30D,31D,32D,33D,34D. The highest BCUT2D eigenvalue weighted by atomic mass is 32.1. The summed E-state index contributed by atoms with van der Waals surface area (Å²) in [5.41, 5.74) is 9.27. The number of benzene rings is 9. The van der Waals surface area contributed by atoms with Gasteiger partial charge in [-0.15, -0.1) is 22.7 Å². The monoisotopic (exact) mass is 998 g/mol. The Morgan fingerprint density at radius 1 is 0.338 bits per heavy atom. The molecule has 6 aromatic heterocycles. The molecule has 0 radical (unpaired) electrons. The summed E-state index contributed by atoms with van der Waals surface area (Å²) in [4.78, 5) is 0. The molecule has 0 amide bonds. The predicted octanol–water partition coefficient (Wildman–Crippen LogP) is 21.2. The average molecular weight is 999 g/mol. The van der Waals surface area contributed by atoms with Gasteiger partial charge in [-0.2, -0.15) is 0 Å². The van der Waals surface area contributed by atoms with Crippen molar-refractivity contribution in [2.75, 3.05) is 0 Å². The third kappa shape index (κ3) is 5.98. The molecule has 0 saturated heterocycles. The fourth-order valence-corrected chi connectivity index (χ4v) is 14.8. The maximum atomic E-state index is 10.2. The second kappa shape index (κ2) is 14.4. The summed E-state index contributed by atoms with van der Waals surface area (Å²) < 4.78 is 70.0. The van der Waals surface area contributed by atoms with Crippen molar-refractivity contribution in [1.29, 1.82) is 0 Å². The molecule has 15 rings (SSSR count). The molecule has 0 aliphatic heterocycles. The van der Waals surface area contributed by atoms with E-state index >= 15 is 0 Å². The van der Waals surface area contributed by atoms with Gasteiger partial charge >= 0.3 is 0 Å². The molecule has 0 unspecified atom stereocenters. The van der Waals surface area contributed by atoms with Gasteiger partial charge in [0.15, 0.2) is 0 Å². The minimum Gasteiger partial charge on any atom is -0.308 e. The van der Waals surface area contributed by atoms with E-state index in [0.29, 0.717) is 33.4 Å². The first-order valence-electron chi connectivity index (χ1n) is 29.1. The van der Waals surface area contributed by atoms with Crippen LogP contribution in [0.2, 0.25) is 0 Å². The van der Waals surface area contributed by atoms with Crippen LogP contribution in [0, 0.1) is 0 Å². The largest absolute Gasteiger partial charge is 0.308 e. The molecule has 2 nitrogen and oxygen atoms in total. The van der Waals surface area contributed by atoms with Gasteiger partial charge in [0.05, 0.1) is 41.3 Å². The molecule has 6 heterocycles. The van der Waals surface area contributed by atoms with E-state index in [1.54, 1.807) is 0 Å². The van der Waals surface area contributed by atoms with E-state index in [4.69, 9.17) is 0 Å². The van der Waals surface area contributed by atoms with Gasteiger partial charge in [0.25, 0.3) is 0 Å². The van der Waals surface area contributed by atoms with Crippen molar-refractivity contribution in [3.05, 3.63) is 168 Å². The SMILES string of the molecule is [2H]c1c(-c2ccc3c4c5sc6ccccc6c5ccc4n4c5cc6c7c(-c8c([2H])c(C(C)(C)C)c([2H])c(C(C)(C)C)c8[2H])ccc8c9c%10sc%11ccccc%11c%10ccc9n(c6cc5c2c34)c87)c([2H])c(C(C)(C)C)c([2H])c1C(C)(C)C. The number of hydrogen-bond acceptors (Lipinski definition) is 2. The molecule has 74 heavy (non-hydrogen) atoms. The van der Waals surface area contributed by atoms with E-state index in [9.17, 15) is 8.22 Å². The number of nitrogens with zero attached hydrogens (tertiary/aromatic N) is 2. The third-order valence-corrected chi connectivity index (χ3v) is 18.5. The van der Waals surface area contributed by atoms with Gasteiger partial charge in [-0.3, -0.25) is 0 Å². The van der Waals surface area contributed by atoms with E-state index in [2.05, 4.69) is 201 Å². The van der Waals surface area contributed by atoms with Crippen LogP contribution in [0.25, 0.3) is 139 Å². The molecule has 0 bridgehead atoms. The van der Waals surface area contributed by atoms with Gasteiger partial charge in [-0.25, -0.2) is 0 Å². The summed E-state index contributed by atoms with van der Waals surface area (Å²) in [7, 11) is 0. The quantitative estimate of drug-likeness (QED) is 0.163. The van der Waals surface area contributed by atoms with Crippen LogP contribution in [0.3, 0.4) is 0 Å². The molecule has 0 N–H and O–H groups in total. The normalized spacial score (nSPS) is 14.8. The fourth-order valence-electron chi connectivity index (χ4n) is 12.3. The molecule has 0 fully saturated rings. The van der Waals surface area contributed by atoms with Crippen molar-refractivity contribution in [2.24, 2.45) is 0 Å². The summed E-state index contributed by atoms with van der Waals surface area (Å²) in [6, 6.07) is 41.4. The van der Waals surface area contributed by atoms with Crippen LogP contribution in [0.15, 0.2) is 145 Å².